The number of hydrogen-bond acceptors (Lipinski definition) is 3. The normalized spacial score (nSPS) is 12.8. The largest absolute Gasteiger partial charge is 0.354 e. The molecule has 1 aliphatic carbocycles. The maximum absolute atomic E-state index is 12.1. The molecule has 4 amide bonds. The minimum Gasteiger partial charge on any atom is -0.354 e. The van der Waals surface area contributed by atoms with E-state index in [1.807, 2.05) is 31.2 Å². The van der Waals surface area contributed by atoms with Crippen molar-refractivity contribution in [3.05, 3.63) is 59.7 Å². The summed E-state index contributed by atoms with van der Waals surface area (Å²) in [5, 5.41) is 11.0. The standard InChI is InChI=1S/C21H24N4O3/c1-14-3-2-4-18(13-14)25-21(28)24-17-9-7-16(8-10-17)20(27)23-12-11-22-19(26)15-5-6-15/h2-4,7-10,13,15H,5-6,11-12H2,1H3,(H,22,26)(H,23,27)(H2,24,25,28). The molecule has 0 aromatic heterocycles. The summed E-state index contributed by atoms with van der Waals surface area (Å²) in [6.07, 6.45) is 1.92. The summed E-state index contributed by atoms with van der Waals surface area (Å²) in [4.78, 5) is 35.7. The summed E-state index contributed by atoms with van der Waals surface area (Å²) in [7, 11) is 0. The Hall–Kier alpha value is -3.35. The Labute approximate surface area is 163 Å². The van der Waals surface area contributed by atoms with Gasteiger partial charge in [-0.25, -0.2) is 4.79 Å². The second kappa shape index (κ2) is 9.03. The van der Waals surface area contributed by atoms with Gasteiger partial charge in [0.25, 0.3) is 5.91 Å². The molecule has 0 aliphatic heterocycles. The van der Waals surface area contributed by atoms with Gasteiger partial charge in [0.15, 0.2) is 0 Å². The van der Waals surface area contributed by atoms with Crippen LogP contribution in [-0.2, 0) is 4.79 Å². The van der Waals surface area contributed by atoms with Gasteiger partial charge in [-0.05, 0) is 61.7 Å². The second-order valence-corrected chi connectivity index (χ2v) is 6.85. The number of rotatable bonds is 7. The topological polar surface area (TPSA) is 99.3 Å². The van der Waals surface area contributed by atoms with Crippen molar-refractivity contribution in [2.75, 3.05) is 23.7 Å². The second-order valence-electron chi connectivity index (χ2n) is 6.85. The lowest BCUT2D eigenvalue weighted by atomic mass is 10.2. The maximum atomic E-state index is 12.1. The number of urea groups is 1. The van der Waals surface area contributed by atoms with Crippen molar-refractivity contribution < 1.29 is 14.4 Å². The molecule has 146 valence electrons. The minimum atomic E-state index is -0.353. The van der Waals surface area contributed by atoms with E-state index < -0.39 is 0 Å². The molecule has 0 saturated heterocycles. The first-order chi connectivity index (χ1) is 13.5. The molecule has 1 fully saturated rings. The predicted molar refractivity (Wildman–Crippen MR) is 108 cm³/mol. The van der Waals surface area contributed by atoms with E-state index >= 15 is 0 Å². The zero-order chi connectivity index (χ0) is 19.9. The van der Waals surface area contributed by atoms with E-state index in [4.69, 9.17) is 0 Å². The minimum absolute atomic E-state index is 0.0635. The van der Waals surface area contributed by atoms with Gasteiger partial charge in [0, 0.05) is 35.9 Å². The van der Waals surface area contributed by atoms with Gasteiger partial charge in [-0.1, -0.05) is 12.1 Å². The Kier molecular flexibility index (Phi) is 6.26. The average Bonchev–Trinajstić information content (AvgIpc) is 3.50. The van der Waals surface area contributed by atoms with Crippen LogP contribution in [0.5, 0.6) is 0 Å². The summed E-state index contributed by atoms with van der Waals surface area (Å²) in [5.41, 5.74) is 2.83. The Bertz CT molecular complexity index is 860. The highest BCUT2D eigenvalue weighted by atomic mass is 16.2. The first-order valence-corrected chi connectivity index (χ1v) is 9.32. The fourth-order valence-electron chi connectivity index (χ4n) is 2.67. The quantitative estimate of drug-likeness (QED) is 0.556. The van der Waals surface area contributed by atoms with Crippen LogP contribution in [0.15, 0.2) is 48.5 Å². The number of hydrogen-bond donors (Lipinski definition) is 4. The van der Waals surface area contributed by atoms with E-state index in [1.54, 1.807) is 24.3 Å². The number of nitrogens with one attached hydrogen (secondary N) is 4. The van der Waals surface area contributed by atoms with Gasteiger partial charge in [-0.15, -0.1) is 0 Å². The molecule has 3 rings (SSSR count). The van der Waals surface area contributed by atoms with Crippen LogP contribution in [-0.4, -0.2) is 30.9 Å². The zero-order valence-corrected chi connectivity index (χ0v) is 15.7. The van der Waals surface area contributed by atoms with Crippen molar-refractivity contribution in [2.24, 2.45) is 5.92 Å². The SMILES string of the molecule is Cc1cccc(NC(=O)Nc2ccc(C(=O)NCCNC(=O)C3CC3)cc2)c1. The lowest BCUT2D eigenvalue weighted by molar-refractivity contribution is -0.122. The van der Waals surface area contributed by atoms with Crippen LogP contribution in [0.3, 0.4) is 0 Å². The van der Waals surface area contributed by atoms with E-state index in [9.17, 15) is 14.4 Å². The van der Waals surface area contributed by atoms with Gasteiger partial charge in [0.05, 0.1) is 0 Å². The van der Waals surface area contributed by atoms with Gasteiger partial charge in [0.2, 0.25) is 5.91 Å². The fourth-order valence-corrected chi connectivity index (χ4v) is 2.67. The number of benzene rings is 2. The van der Waals surface area contributed by atoms with Gasteiger partial charge in [-0.3, -0.25) is 9.59 Å². The van der Waals surface area contributed by atoms with Crippen molar-refractivity contribution in [1.29, 1.82) is 0 Å². The summed E-state index contributed by atoms with van der Waals surface area (Å²) >= 11 is 0. The molecule has 1 saturated carbocycles. The molecule has 4 N–H and O–H groups in total. The molecule has 0 unspecified atom stereocenters. The zero-order valence-electron chi connectivity index (χ0n) is 15.7. The molecule has 1 aliphatic rings. The molecular formula is C21H24N4O3. The first kappa shape index (κ1) is 19.4. The third-order valence-corrected chi connectivity index (χ3v) is 4.34. The van der Waals surface area contributed by atoms with Crippen molar-refractivity contribution in [2.45, 2.75) is 19.8 Å². The molecule has 0 bridgehead atoms. The molecule has 0 radical (unpaired) electrons. The number of anilines is 2. The number of amides is 4. The van der Waals surface area contributed by atoms with E-state index in [0.29, 0.717) is 30.0 Å². The number of carbonyl (C=O) groups is 3. The summed E-state index contributed by atoms with van der Waals surface area (Å²) in [6, 6.07) is 13.8. The Morgan fingerprint density at radius 3 is 2.25 bits per heavy atom. The monoisotopic (exact) mass is 380 g/mol. The van der Waals surface area contributed by atoms with Crippen molar-refractivity contribution >= 4 is 29.2 Å². The van der Waals surface area contributed by atoms with Crippen LogP contribution in [0.1, 0.15) is 28.8 Å². The molecular weight excluding hydrogens is 356 g/mol. The molecule has 0 atom stereocenters. The average molecular weight is 380 g/mol. The van der Waals surface area contributed by atoms with Crippen molar-refractivity contribution in [3.8, 4) is 0 Å². The van der Waals surface area contributed by atoms with E-state index in [1.165, 1.54) is 0 Å². The highest BCUT2D eigenvalue weighted by Gasteiger charge is 2.28. The summed E-state index contributed by atoms with van der Waals surface area (Å²) in [6.45, 7) is 2.74. The summed E-state index contributed by atoms with van der Waals surface area (Å²) < 4.78 is 0. The third kappa shape index (κ3) is 5.84. The van der Waals surface area contributed by atoms with Crippen LogP contribution in [0.25, 0.3) is 0 Å². The summed E-state index contributed by atoms with van der Waals surface area (Å²) in [5.74, 6) is 0.00362. The Morgan fingerprint density at radius 1 is 0.893 bits per heavy atom. The molecule has 7 heteroatoms. The predicted octanol–water partition coefficient (Wildman–Crippen LogP) is 2.90. The van der Waals surface area contributed by atoms with E-state index in [2.05, 4.69) is 21.3 Å². The molecule has 2 aromatic carbocycles. The van der Waals surface area contributed by atoms with Crippen LogP contribution in [0, 0.1) is 12.8 Å². The van der Waals surface area contributed by atoms with E-state index in [0.717, 1.165) is 18.4 Å². The van der Waals surface area contributed by atoms with E-state index in [-0.39, 0.29) is 23.8 Å². The highest BCUT2D eigenvalue weighted by Crippen LogP contribution is 2.28. The highest BCUT2D eigenvalue weighted by molar-refractivity contribution is 6.00. The lowest BCUT2D eigenvalue weighted by Crippen LogP contribution is -2.35. The van der Waals surface area contributed by atoms with Crippen LogP contribution in [0.4, 0.5) is 16.2 Å². The van der Waals surface area contributed by atoms with Crippen LogP contribution < -0.4 is 21.3 Å². The Morgan fingerprint density at radius 2 is 1.57 bits per heavy atom. The van der Waals surface area contributed by atoms with Gasteiger partial charge >= 0.3 is 6.03 Å². The maximum Gasteiger partial charge on any atom is 0.323 e. The smallest absolute Gasteiger partial charge is 0.323 e. The number of carbonyl (C=O) groups excluding carboxylic acids is 3. The van der Waals surface area contributed by atoms with Crippen LogP contribution >= 0.6 is 0 Å². The van der Waals surface area contributed by atoms with Gasteiger partial charge in [0.1, 0.15) is 0 Å². The number of aryl methyl sites for hydroxylation is 1. The lowest BCUT2D eigenvalue weighted by Gasteiger charge is -2.09. The fraction of sp³-hybridized carbons (Fsp3) is 0.286. The Balaban J connectivity index is 1.42. The first-order valence-electron chi connectivity index (χ1n) is 9.32. The third-order valence-electron chi connectivity index (χ3n) is 4.34. The molecule has 7 nitrogen and oxygen atoms in total. The molecule has 28 heavy (non-hydrogen) atoms. The van der Waals surface area contributed by atoms with Gasteiger partial charge in [-0.2, -0.15) is 0 Å². The van der Waals surface area contributed by atoms with Crippen LogP contribution in [0.2, 0.25) is 0 Å². The molecule has 0 heterocycles. The molecule has 2 aromatic rings. The van der Waals surface area contributed by atoms with Crippen molar-refractivity contribution in [1.82, 2.24) is 10.6 Å². The molecule has 0 spiro atoms. The van der Waals surface area contributed by atoms with Crippen molar-refractivity contribution in [3.63, 3.8) is 0 Å². The van der Waals surface area contributed by atoms with Gasteiger partial charge < -0.3 is 21.3 Å².